The van der Waals surface area contributed by atoms with Crippen LogP contribution in [0.5, 0.6) is 0 Å². The Hall–Kier alpha value is -2.26. The van der Waals surface area contributed by atoms with E-state index in [1.54, 1.807) is 29.7 Å². The summed E-state index contributed by atoms with van der Waals surface area (Å²) < 4.78 is 15.9. The normalized spacial score (nSPS) is 12.2. The quantitative estimate of drug-likeness (QED) is 0.643. The highest BCUT2D eigenvalue weighted by Crippen LogP contribution is 2.28. The van der Waals surface area contributed by atoms with Gasteiger partial charge in [0.25, 0.3) is 0 Å². The van der Waals surface area contributed by atoms with Crippen molar-refractivity contribution in [2.45, 2.75) is 37.7 Å². The van der Waals surface area contributed by atoms with Crippen LogP contribution in [0.25, 0.3) is 11.4 Å². The van der Waals surface area contributed by atoms with Gasteiger partial charge in [0.05, 0.1) is 16.5 Å². The number of aromatic nitrogens is 4. The monoisotopic (exact) mass is 391 g/mol. The first-order valence-electron chi connectivity index (χ1n) is 8.07. The van der Waals surface area contributed by atoms with Gasteiger partial charge in [0.1, 0.15) is 5.82 Å². The van der Waals surface area contributed by atoms with Crippen LogP contribution >= 0.6 is 23.1 Å². The third-order valence-electron chi connectivity index (χ3n) is 3.65. The Kier molecular flexibility index (Phi) is 5.67. The summed E-state index contributed by atoms with van der Waals surface area (Å²) in [5.41, 5.74) is 1.26. The van der Waals surface area contributed by atoms with E-state index in [0.717, 1.165) is 5.69 Å². The standard InChI is InChI=1S/C17H18FN5OS2/c1-4-23-14(12-7-5-6-8-13(12)18)21-22-17(23)26-11(3)15(24)20-16-19-10(2)9-25-16/h5-9,11H,4H2,1-3H3,(H,19,20,24)/t11-/m0/s1. The van der Waals surface area contributed by atoms with Crippen LogP contribution in [0.4, 0.5) is 9.52 Å². The first-order valence-corrected chi connectivity index (χ1v) is 9.83. The van der Waals surface area contributed by atoms with Crippen LogP contribution in [0.2, 0.25) is 0 Å². The number of anilines is 1. The smallest absolute Gasteiger partial charge is 0.239 e. The second-order valence-electron chi connectivity index (χ2n) is 5.57. The molecular formula is C17H18FN5OS2. The second kappa shape index (κ2) is 7.96. The lowest BCUT2D eigenvalue weighted by molar-refractivity contribution is -0.115. The van der Waals surface area contributed by atoms with E-state index in [2.05, 4.69) is 20.5 Å². The molecule has 9 heteroatoms. The van der Waals surface area contributed by atoms with Crippen molar-refractivity contribution in [1.82, 2.24) is 19.7 Å². The second-order valence-corrected chi connectivity index (χ2v) is 7.74. The highest BCUT2D eigenvalue weighted by atomic mass is 32.2. The minimum atomic E-state index is -0.401. The summed E-state index contributed by atoms with van der Waals surface area (Å²) in [5.74, 6) is -0.0604. The molecule has 1 N–H and O–H groups in total. The maximum absolute atomic E-state index is 14.1. The minimum Gasteiger partial charge on any atom is -0.302 e. The lowest BCUT2D eigenvalue weighted by Crippen LogP contribution is -2.22. The number of halogens is 1. The molecule has 1 atom stereocenters. The van der Waals surface area contributed by atoms with Crippen molar-refractivity contribution >= 4 is 34.1 Å². The summed E-state index contributed by atoms with van der Waals surface area (Å²) >= 11 is 2.67. The van der Waals surface area contributed by atoms with Crippen molar-refractivity contribution in [3.05, 3.63) is 41.2 Å². The molecule has 0 aliphatic heterocycles. The molecule has 0 saturated heterocycles. The zero-order chi connectivity index (χ0) is 18.7. The fourth-order valence-electron chi connectivity index (χ4n) is 2.33. The van der Waals surface area contributed by atoms with Gasteiger partial charge in [-0.2, -0.15) is 0 Å². The molecule has 2 heterocycles. The molecule has 0 saturated carbocycles. The minimum absolute atomic E-state index is 0.164. The Bertz CT molecular complexity index is 924. The van der Waals surface area contributed by atoms with Gasteiger partial charge in [-0.25, -0.2) is 9.37 Å². The molecule has 0 spiro atoms. The van der Waals surface area contributed by atoms with Crippen LogP contribution in [0.3, 0.4) is 0 Å². The highest BCUT2D eigenvalue weighted by Gasteiger charge is 2.22. The molecule has 3 rings (SSSR count). The molecule has 1 amide bonds. The van der Waals surface area contributed by atoms with E-state index in [4.69, 9.17) is 0 Å². The summed E-state index contributed by atoms with van der Waals surface area (Å²) in [4.78, 5) is 16.6. The van der Waals surface area contributed by atoms with E-state index < -0.39 is 5.25 Å². The number of carbonyl (C=O) groups excluding carboxylic acids is 1. The molecule has 3 aromatic rings. The summed E-state index contributed by atoms with van der Waals surface area (Å²) in [6, 6.07) is 6.45. The lowest BCUT2D eigenvalue weighted by Gasteiger charge is -2.12. The first-order chi connectivity index (χ1) is 12.5. The Balaban J connectivity index is 1.77. The lowest BCUT2D eigenvalue weighted by atomic mass is 10.2. The number of thiazole rings is 1. The maximum Gasteiger partial charge on any atom is 0.239 e. The molecule has 0 radical (unpaired) electrons. The van der Waals surface area contributed by atoms with Crippen LogP contribution in [-0.2, 0) is 11.3 Å². The Morgan fingerprint density at radius 3 is 2.81 bits per heavy atom. The molecule has 136 valence electrons. The number of hydrogen-bond donors (Lipinski definition) is 1. The largest absolute Gasteiger partial charge is 0.302 e. The van der Waals surface area contributed by atoms with E-state index in [1.165, 1.54) is 29.2 Å². The Morgan fingerprint density at radius 1 is 1.38 bits per heavy atom. The van der Waals surface area contributed by atoms with E-state index in [9.17, 15) is 9.18 Å². The van der Waals surface area contributed by atoms with Crippen molar-refractivity contribution < 1.29 is 9.18 Å². The first kappa shape index (κ1) is 18.5. The van der Waals surface area contributed by atoms with Crippen molar-refractivity contribution in [2.24, 2.45) is 0 Å². The molecule has 0 aliphatic carbocycles. The van der Waals surface area contributed by atoms with Gasteiger partial charge < -0.3 is 9.88 Å². The number of nitrogens with one attached hydrogen (secondary N) is 1. The van der Waals surface area contributed by atoms with Crippen LogP contribution in [0.15, 0.2) is 34.8 Å². The summed E-state index contributed by atoms with van der Waals surface area (Å²) in [6.45, 7) is 6.16. The third-order valence-corrected chi connectivity index (χ3v) is 5.60. The number of nitrogens with zero attached hydrogens (tertiary/aromatic N) is 4. The molecule has 0 aliphatic rings. The summed E-state index contributed by atoms with van der Waals surface area (Å²) in [6.07, 6.45) is 0. The molecule has 0 bridgehead atoms. The average Bonchev–Trinajstić information content (AvgIpc) is 3.21. The van der Waals surface area contributed by atoms with E-state index in [0.29, 0.717) is 28.2 Å². The number of carbonyl (C=O) groups is 1. The molecule has 2 aromatic heterocycles. The molecular weight excluding hydrogens is 373 g/mol. The van der Waals surface area contributed by atoms with Gasteiger partial charge in [0, 0.05) is 11.9 Å². The van der Waals surface area contributed by atoms with E-state index in [1.807, 2.05) is 19.2 Å². The predicted octanol–water partition coefficient (Wildman–Crippen LogP) is 3.99. The van der Waals surface area contributed by atoms with E-state index in [-0.39, 0.29) is 11.7 Å². The molecule has 1 aromatic carbocycles. The molecule has 0 unspecified atom stereocenters. The van der Waals surface area contributed by atoms with Crippen molar-refractivity contribution in [3.8, 4) is 11.4 Å². The van der Waals surface area contributed by atoms with Gasteiger partial charge in [-0.3, -0.25) is 4.79 Å². The molecule has 0 fully saturated rings. The number of amides is 1. The zero-order valence-electron chi connectivity index (χ0n) is 14.6. The number of benzene rings is 1. The van der Waals surface area contributed by atoms with E-state index >= 15 is 0 Å². The fraction of sp³-hybridized carbons (Fsp3) is 0.294. The summed E-state index contributed by atoms with van der Waals surface area (Å²) in [5, 5.41) is 13.7. The van der Waals surface area contributed by atoms with Gasteiger partial charge >= 0.3 is 0 Å². The van der Waals surface area contributed by atoms with Crippen molar-refractivity contribution in [1.29, 1.82) is 0 Å². The van der Waals surface area contributed by atoms with Gasteiger partial charge in [0.2, 0.25) is 5.91 Å². The molecule has 6 nitrogen and oxygen atoms in total. The van der Waals surface area contributed by atoms with Gasteiger partial charge in [-0.15, -0.1) is 21.5 Å². The SMILES string of the molecule is CCn1c(S[C@@H](C)C(=O)Nc2nc(C)cs2)nnc1-c1ccccc1F. The number of thioether (sulfide) groups is 1. The number of rotatable bonds is 6. The Morgan fingerprint density at radius 2 is 2.15 bits per heavy atom. The van der Waals surface area contributed by atoms with Crippen molar-refractivity contribution in [2.75, 3.05) is 5.32 Å². The number of hydrogen-bond acceptors (Lipinski definition) is 6. The fourth-order valence-corrected chi connectivity index (χ4v) is 3.94. The molecule has 26 heavy (non-hydrogen) atoms. The van der Waals surface area contributed by atoms with Gasteiger partial charge in [-0.1, -0.05) is 23.9 Å². The van der Waals surface area contributed by atoms with Crippen molar-refractivity contribution in [3.63, 3.8) is 0 Å². The van der Waals surface area contributed by atoms with Crippen LogP contribution in [-0.4, -0.2) is 30.9 Å². The highest BCUT2D eigenvalue weighted by molar-refractivity contribution is 8.00. The summed E-state index contributed by atoms with van der Waals surface area (Å²) in [7, 11) is 0. The van der Waals surface area contributed by atoms with Crippen LogP contribution in [0.1, 0.15) is 19.5 Å². The average molecular weight is 391 g/mol. The maximum atomic E-state index is 14.1. The third kappa shape index (κ3) is 3.94. The van der Waals surface area contributed by atoms with Crippen LogP contribution in [0, 0.1) is 12.7 Å². The number of aryl methyl sites for hydroxylation is 1. The van der Waals surface area contributed by atoms with Gasteiger partial charge in [0.15, 0.2) is 16.1 Å². The Labute approximate surface area is 158 Å². The predicted molar refractivity (Wildman–Crippen MR) is 102 cm³/mol. The topological polar surface area (TPSA) is 72.7 Å². The van der Waals surface area contributed by atoms with Gasteiger partial charge in [-0.05, 0) is 32.9 Å². The zero-order valence-corrected chi connectivity index (χ0v) is 16.2. The van der Waals surface area contributed by atoms with Crippen LogP contribution < -0.4 is 5.32 Å².